The van der Waals surface area contributed by atoms with Gasteiger partial charge in [-0.2, -0.15) is 8.78 Å². The fourth-order valence-corrected chi connectivity index (χ4v) is 4.83. The highest BCUT2D eigenvalue weighted by atomic mass is 19.3. The molecule has 5 nitrogen and oxygen atoms in total. The van der Waals surface area contributed by atoms with Gasteiger partial charge < -0.3 is 20.1 Å². The molecule has 2 atom stereocenters. The zero-order chi connectivity index (χ0) is 23.6. The topological polar surface area (TPSA) is 61.8 Å². The van der Waals surface area contributed by atoms with Crippen molar-refractivity contribution in [2.75, 3.05) is 26.7 Å². The van der Waals surface area contributed by atoms with Gasteiger partial charge in [0.1, 0.15) is 6.10 Å². The summed E-state index contributed by atoms with van der Waals surface area (Å²) in [6.07, 6.45) is 0.820. The molecule has 8 heteroatoms. The van der Waals surface area contributed by atoms with Crippen LogP contribution in [0.5, 0.6) is 5.75 Å². The number of carbonyl (C=O) groups excluding carboxylic acids is 1. The number of fused-ring (bicyclic) bond motifs is 1. The van der Waals surface area contributed by atoms with Gasteiger partial charge in [0.15, 0.2) is 11.6 Å². The predicted octanol–water partition coefficient (Wildman–Crippen LogP) is 3.50. The van der Waals surface area contributed by atoms with Gasteiger partial charge >= 0.3 is 5.92 Å². The third-order valence-corrected chi connectivity index (χ3v) is 6.74. The van der Waals surface area contributed by atoms with Crippen LogP contribution in [0.1, 0.15) is 35.6 Å². The first-order valence-electron chi connectivity index (χ1n) is 11.3. The normalized spacial score (nSPS) is 18.7. The van der Waals surface area contributed by atoms with Crippen LogP contribution in [0.25, 0.3) is 0 Å². The maximum Gasteiger partial charge on any atom is 0.327 e. The Morgan fingerprint density at radius 3 is 2.39 bits per heavy atom. The van der Waals surface area contributed by atoms with E-state index in [1.807, 2.05) is 17.0 Å². The Balaban J connectivity index is 1.52. The van der Waals surface area contributed by atoms with E-state index in [0.29, 0.717) is 0 Å². The molecule has 1 amide bonds. The molecule has 2 N–H and O–H groups in total. The first-order chi connectivity index (χ1) is 15.8. The minimum atomic E-state index is -3.60. The van der Waals surface area contributed by atoms with Gasteiger partial charge in [0.2, 0.25) is 0 Å². The predicted molar refractivity (Wildman–Crippen MR) is 118 cm³/mol. The van der Waals surface area contributed by atoms with E-state index >= 15 is 8.78 Å². The van der Waals surface area contributed by atoms with Gasteiger partial charge in [0.05, 0.1) is 13.2 Å². The van der Waals surface area contributed by atoms with Crippen LogP contribution >= 0.6 is 0 Å². The largest absolute Gasteiger partial charge is 0.494 e. The summed E-state index contributed by atoms with van der Waals surface area (Å²) in [5.74, 6) is -6.81. The molecule has 178 valence electrons. The molecule has 1 saturated heterocycles. The highest BCUT2D eigenvalue weighted by Crippen LogP contribution is 2.37. The number of ether oxygens (including phenoxy) is 1. The van der Waals surface area contributed by atoms with Gasteiger partial charge in [-0.25, -0.2) is 4.39 Å². The minimum Gasteiger partial charge on any atom is -0.494 e. The maximum atomic E-state index is 15.2. The lowest BCUT2D eigenvalue weighted by molar-refractivity contribution is -0.155. The van der Waals surface area contributed by atoms with Crippen molar-refractivity contribution in [1.82, 2.24) is 10.2 Å². The number of aliphatic hydroxyl groups excluding tert-OH is 1. The van der Waals surface area contributed by atoms with Crippen LogP contribution in [0, 0.1) is 11.7 Å². The zero-order valence-electron chi connectivity index (χ0n) is 18.6. The smallest absolute Gasteiger partial charge is 0.327 e. The molecule has 1 heterocycles. The molecule has 1 aliphatic carbocycles. The molecule has 0 saturated carbocycles. The monoisotopic (exact) mass is 462 g/mol. The van der Waals surface area contributed by atoms with E-state index < -0.39 is 35.7 Å². The lowest BCUT2D eigenvalue weighted by atomic mass is 9.95. The van der Waals surface area contributed by atoms with Crippen LogP contribution in [0.15, 0.2) is 42.5 Å². The summed E-state index contributed by atoms with van der Waals surface area (Å²) in [6.45, 7) is 1.70. The first-order valence-corrected chi connectivity index (χ1v) is 11.3. The Bertz CT molecular complexity index is 970. The minimum absolute atomic E-state index is 0.0124. The van der Waals surface area contributed by atoms with Gasteiger partial charge in [0, 0.05) is 12.5 Å². The number of nitrogens with zero attached hydrogens (tertiary/aromatic N) is 1. The van der Waals surface area contributed by atoms with Crippen LogP contribution in [-0.2, 0) is 17.6 Å². The molecular formula is C25H29F3N2O3. The summed E-state index contributed by atoms with van der Waals surface area (Å²) < 4.78 is 49.5. The Morgan fingerprint density at radius 2 is 1.82 bits per heavy atom. The number of rotatable bonds is 8. The van der Waals surface area contributed by atoms with Crippen LogP contribution in [-0.4, -0.2) is 54.6 Å². The molecular weight excluding hydrogens is 433 g/mol. The number of carbonyl (C=O) groups is 1. The van der Waals surface area contributed by atoms with Crippen molar-refractivity contribution in [2.45, 2.75) is 43.8 Å². The summed E-state index contributed by atoms with van der Waals surface area (Å²) in [5.41, 5.74) is 1.85. The first kappa shape index (κ1) is 23.6. The summed E-state index contributed by atoms with van der Waals surface area (Å²) in [5, 5.41) is 13.4. The van der Waals surface area contributed by atoms with Crippen LogP contribution in [0.2, 0.25) is 0 Å². The standard InChI is InChI=1S/C25H29F3N2O3/c1-33-22-9-8-18(14-20(22)26)23(31)21(15-30-10-4-5-11-30)29-24(32)25(27,28)19-12-16-6-2-3-7-17(16)13-19/h2-3,6-9,14,19,21,23,31H,4-5,10-13,15H2,1H3,(H,29,32). The van der Waals surface area contributed by atoms with E-state index in [4.69, 9.17) is 4.74 Å². The van der Waals surface area contributed by atoms with E-state index in [1.165, 1.54) is 19.2 Å². The lowest BCUT2D eigenvalue weighted by Gasteiger charge is -2.31. The average Bonchev–Trinajstić information content (AvgIpc) is 3.48. The SMILES string of the molecule is COc1ccc(C(O)C(CN2CCCC2)NC(=O)C(F)(F)C2Cc3ccccc3C2)cc1F. The van der Waals surface area contributed by atoms with Crippen molar-refractivity contribution in [2.24, 2.45) is 5.92 Å². The van der Waals surface area contributed by atoms with E-state index in [1.54, 1.807) is 12.1 Å². The van der Waals surface area contributed by atoms with E-state index in [9.17, 15) is 14.3 Å². The number of aliphatic hydroxyl groups is 1. The number of methoxy groups -OCH3 is 1. The average molecular weight is 463 g/mol. The highest BCUT2D eigenvalue weighted by Gasteiger charge is 2.50. The summed E-state index contributed by atoms with van der Waals surface area (Å²) in [6, 6.07) is 10.2. The third-order valence-electron chi connectivity index (χ3n) is 6.74. The molecule has 0 spiro atoms. The second-order valence-corrected chi connectivity index (χ2v) is 8.92. The molecule has 4 rings (SSSR count). The molecule has 2 aromatic carbocycles. The van der Waals surface area contributed by atoms with Gasteiger partial charge in [-0.1, -0.05) is 30.3 Å². The van der Waals surface area contributed by atoms with E-state index in [-0.39, 0.29) is 30.7 Å². The van der Waals surface area contributed by atoms with Crippen LogP contribution in [0.4, 0.5) is 13.2 Å². The Kier molecular flexibility index (Phi) is 6.95. The summed E-state index contributed by atoms with van der Waals surface area (Å²) >= 11 is 0. The van der Waals surface area contributed by atoms with Crippen molar-refractivity contribution in [1.29, 1.82) is 0 Å². The second kappa shape index (κ2) is 9.73. The Labute approximate surface area is 191 Å². The number of amides is 1. The maximum absolute atomic E-state index is 15.2. The molecule has 0 radical (unpaired) electrons. The van der Waals surface area contributed by atoms with Gasteiger partial charge in [-0.3, -0.25) is 4.79 Å². The fourth-order valence-electron chi connectivity index (χ4n) is 4.83. The van der Waals surface area contributed by atoms with Crippen molar-refractivity contribution in [3.05, 3.63) is 65.0 Å². The molecule has 2 unspecified atom stereocenters. The van der Waals surface area contributed by atoms with Crippen molar-refractivity contribution < 1.29 is 27.8 Å². The zero-order valence-corrected chi connectivity index (χ0v) is 18.6. The number of halogens is 3. The number of likely N-dealkylation sites (tertiary alicyclic amines) is 1. The van der Waals surface area contributed by atoms with Gasteiger partial charge in [0.25, 0.3) is 5.91 Å². The summed E-state index contributed by atoms with van der Waals surface area (Å²) in [4.78, 5) is 14.8. The van der Waals surface area contributed by atoms with Gasteiger partial charge in [-0.15, -0.1) is 0 Å². The number of hydrogen-bond donors (Lipinski definition) is 2. The quantitative estimate of drug-likeness (QED) is 0.631. The van der Waals surface area contributed by atoms with E-state index in [0.717, 1.165) is 43.1 Å². The number of benzene rings is 2. The van der Waals surface area contributed by atoms with Crippen molar-refractivity contribution in [3.8, 4) is 5.75 Å². The van der Waals surface area contributed by atoms with Crippen LogP contribution < -0.4 is 10.1 Å². The number of nitrogens with one attached hydrogen (secondary N) is 1. The number of hydrogen-bond acceptors (Lipinski definition) is 4. The Morgan fingerprint density at radius 1 is 1.18 bits per heavy atom. The molecule has 0 aromatic heterocycles. The summed E-state index contributed by atoms with van der Waals surface area (Å²) in [7, 11) is 1.33. The van der Waals surface area contributed by atoms with Crippen LogP contribution in [0.3, 0.4) is 0 Å². The second-order valence-electron chi connectivity index (χ2n) is 8.92. The fraction of sp³-hybridized carbons (Fsp3) is 0.480. The van der Waals surface area contributed by atoms with Crippen molar-refractivity contribution >= 4 is 5.91 Å². The van der Waals surface area contributed by atoms with Gasteiger partial charge in [-0.05, 0) is 67.6 Å². The Hall–Kier alpha value is -2.58. The highest BCUT2D eigenvalue weighted by molar-refractivity contribution is 5.84. The lowest BCUT2D eigenvalue weighted by Crippen LogP contribution is -2.54. The molecule has 0 bridgehead atoms. The number of alkyl halides is 2. The molecule has 33 heavy (non-hydrogen) atoms. The molecule has 2 aliphatic rings. The molecule has 1 aliphatic heterocycles. The third kappa shape index (κ3) is 5.01. The molecule has 1 fully saturated rings. The molecule has 2 aromatic rings. The van der Waals surface area contributed by atoms with E-state index in [2.05, 4.69) is 5.32 Å². The van der Waals surface area contributed by atoms with Crippen molar-refractivity contribution in [3.63, 3.8) is 0 Å².